The Bertz CT molecular complexity index is 1570. The Labute approximate surface area is 176 Å². The molecule has 0 atom stereocenters. The van der Waals surface area contributed by atoms with Gasteiger partial charge in [0.25, 0.3) is 0 Å². The summed E-state index contributed by atoms with van der Waals surface area (Å²) in [5, 5.41) is 7.04. The van der Waals surface area contributed by atoms with E-state index < -0.39 is 5.82 Å². The molecule has 2 N–H and O–H groups in total. The molecule has 31 heavy (non-hydrogen) atoms. The molecule has 0 fully saturated rings. The smallest absolute Gasteiger partial charge is 0.176 e. The summed E-state index contributed by atoms with van der Waals surface area (Å²) in [7, 11) is 0. The molecule has 0 aliphatic heterocycles. The Morgan fingerprint density at radius 3 is 2.68 bits per heavy atom. The fourth-order valence-corrected chi connectivity index (χ4v) is 4.29. The summed E-state index contributed by atoms with van der Waals surface area (Å²) in [6.45, 7) is 0. The van der Waals surface area contributed by atoms with Crippen molar-refractivity contribution in [2.75, 3.05) is 0 Å². The van der Waals surface area contributed by atoms with Crippen LogP contribution in [-0.2, 0) is 0 Å². The normalized spacial score (nSPS) is 11.5. The molecule has 0 aromatic carbocycles. The van der Waals surface area contributed by atoms with Gasteiger partial charge in [0.05, 0.1) is 17.1 Å². The van der Waals surface area contributed by atoms with Crippen LogP contribution in [0.3, 0.4) is 0 Å². The number of imidazole rings is 1. The molecule has 6 heterocycles. The molecule has 6 aromatic heterocycles. The molecular formula is C21H11F2N7S. The molecule has 0 unspecified atom stereocenters. The lowest BCUT2D eigenvalue weighted by Crippen LogP contribution is -1.92. The van der Waals surface area contributed by atoms with Crippen molar-refractivity contribution in [2.24, 2.45) is 0 Å². The molecule has 0 aliphatic rings. The van der Waals surface area contributed by atoms with Crippen LogP contribution in [0.5, 0.6) is 0 Å². The first-order valence-corrected chi connectivity index (χ1v) is 10.0. The number of H-pyrrole nitrogens is 2. The molecule has 150 valence electrons. The predicted octanol–water partition coefficient (Wildman–Crippen LogP) is 4.96. The lowest BCUT2D eigenvalue weighted by molar-refractivity contribution is 0.638. The number of pyridine rings is 3. The van der Waals surface area contributed by atoms with Gasteiger partial charge in [0, 0.05) is 34.6 Å². The number of rotatable bonds is 3. The second-order valence-electron chi connectivity index (χ2n) is 6.77. The summed E-state index contributed by atoms with van der Waals surface area (Å²) in [6, 6.07) is 8.33. The number of hydrogen-bond donors (Lipinski definition) is 2. The minimum Gasteiger partial charge on any atom is -0.321 e. The van der Waals surface area contributed by atoms with Crippen LogP contribution in [0.2, 0.25) is 0 Å². The van der Waals surface area contributed by atoms with Crippen molar-refractivity contribution in [3.05, 3.63) is 66.1 Å². The lowest BCUT2D eigenvalue weighted by Gasteiger charge is -2.03. The number of nitrogens with one attached hydrogen (secondary N) is 2. The highest BCUT2D eigenvalue weighted by molar-refractivity contribution is 7.14. The second-order valence-corrected chi connectivity index (χ2v) is 7.80. The largest absolute Gasteiger partial charge is 0.321 e. The second kappa shape index (κ2) is 6.74. The highest BCUT2D eigenvalue weighted by Gasteiger charge is 2.21. The van der Waals surface area contributed by atoms with Gasteiger partial charge in [0.2, 0.25) is 0 Å². The Balaban J connectivity index is 1.56. The van der Waals surface area contributed by atoms with Crippen LogP contribution in [0.1, 0.15) is 0 Å². The number of fused-ring (bicyclic) bond motifs is 2. The molecule has 0 saturated carbocycles. The summed E-state index contributed by atoms with van der Waals surface area (Å²) in [6.07, 6.45) is 6.30. The molecule has 0 saturated heterocycles. The summed E-state index contributed by atoms with van der Waals surface area (Å²) < 4.78 is 29.0. The number of nitrogens with zero attached hydrogens (tertiary/aromatic N) is 5. The van der Waals surface area contributed by atoms with Gasteiger partial charge in [-0.3, -0.25) is 15.1 Å². The third-order valence-corrected chi connectivity index (χ3v) is 5.83. The van der Waals surface area contributed by atoms with Crippen LogP contribution in [-0.4, -0.2) is 35.1 Å². The van der Waals surface area contributed by atoms with E-state index in [1.54, 1.807) is 42.9 Å². The molecule has 7 nitrogen and oxygen atoms in total. The van der Waals surface area contributed by atoms with Crippen molar-refractivity contribution < 1.29 is 8.78 Å². The highest BCUT2D eigenvalue weighted by atomic mass is 32.1. The van der Waals surface area contributed by atoms with E-state index in [1.807, 2.05) is 0 Å². The van der Waals surface area contributed by atoms with Crippen molar-refractivity contribution in [2.45, 2.75) is 0 Å². The standard InChI is InChI=1S/C21H11F2N7S/c22-14-4-3-13(31-14)11-5-7-25-20-18(11)27-21(28-20)19-15-12(29-30-19)9-26-17(16(15)23)10-2-1-6-24-8-10/h1-9H,(H,29,30)(H,25,27,28). The molecule has 0 amide bonds. The topological polar surface area (TPSA) is 96.0 Å². The van der Waals surface area contributed by atoms with Crippen LogP contribution in [0.15, 0.2) is 55.1 Å². The van der Waals surface area contributed by atoms with Gasteiger partial charge in [0.1, 0.15) is 16.9 Å². The SMILES string of the molecule is Fc1ccc(-c2ccnc3[nH]c(-c4n[nH]c5cnc(-c6cccnc6)c(F)c45)nc23)s1. The van der Waals surface area contributed by atoms with E-state index in [1.165, 1.54) is 12.3 Å². The summed E-state index contributed by atoms with van der Waals surface area (Å²) >= 11 is 1.02. The molecule has 0 spiro atoms. The number of thiophene rings is 1. The van der Waals surface area contributed by atoms with Crippen molar-refractivity contribution in [3.63, 3.8) is 0 Å². The minimum atomic E-state index is -0.525. The van der Waals surface area contributed by atoms with Crippen LogP contribution in [0.4, 0.5) is 8.78 Å². The van der Waals surface area contributed by atoms with Gasteiger partial charge >= 0.3 is 0 Å². The van der Waals surface area contributed by atoms with Gasteiger partial charge in [-0.2, -0.15) is 9.49 Å². The average Bonchev–Trinajstić information content (AvgIpc) is 3.52. The first-order valence-electron chi connectivity index (χ1n) is 9.23. The highest BCUT2D eigenvalue weighted by Crippen LogP contribution is 2.35. The zero-order valence-corrected chi connectivity index (χ0v) is 16.4. The van der Waals surface area contributed by atoms with Gasteiger partial charge in [-0.15, -0.1) is 11.3 Å². The molecule has 6 aromatic rings. The van der Waals surface area contributed by atoms with Gasteiger partial charge < -0.3 is 4.98 Å². The molecular weight excluding hydrogens is 420 g/mol. The number of halogens is 2. The van der Waals surface area contributed by atoms with E-state index in [2.05, 4.69) is 35.1 Å². The molecule has 0 aliphatic carbocycles. The van der Waals surface area contributed by atoms with Crippen LogP contribution in [0, 0.1) is 10.9 Å². The van der Waals surface area contributed by atoms with Crippen molar-refractivity contribution >= 4 is 33.4 Å². The Morgan fingerprint density at radius 1 is 0.935 bits per heavy atom. The zero-order valence-electron chi connectivity index (χ0n) is 15.6. The zero-order chi connectivity index (χ0) is 20.9. The van der Waals surface area contributed by atoms with Crippen molar-refractivity contribution in [3.8, 4) is 33.2 Å². The number of aromatic amines is 2. The van der Waals surface area contributed by atoms with Crippen molar-refractivity contribution in [1.82, 2.24) is 35.1 Å². The first kappa shape index (κ1) is 17.8. The molecule has 10 heteroatoms. The molecule has 6 rings (SSSR count). The molecule has 0 bridgehead atoms. The summed E-state index contributed by atoms with van der Waals surface area (Å²) in [4.78, 5) is 21.0. The fraction of sp³-hybridized carbons (Fsp3) is 0. The quantitative estimate of drug-likeness (QED) is 0.413. The number of aromatic nitrogens is 7. The van der Waals surface area contributed by atoms with Gasteiger partial charge in [-0.1, -0.05) is 0 Å². The lowest BCUT2D eigenvalue weighted by atomic mass is 10.1. The summed E-state index contributed by atoms with van der Waals surface area (Å²) in [5.41, 5.74) is 3.27. The average molecular weight is 431 g/mol. The van der Waals surface area contributed by atoms with E-state index in [9.17, 15) is 4.39 Å². The van der Waals surface area contributed by atoms with E-state index in [-0.39, 0.29) is 16.2 Å². The third-order valence-electron chi connectivity index (χ3n) is 4.93. The first-order chi connectivity index (χ1) is 15.2. The van der Waals surface area contributed by atoms with Crippen LogP contribution in [0.25, 0.3) is 55.3 Å². The van der Waals surface area contributed by atoms with Gasteiger partial charge in [-0.25, -0.2) is 14.4 Å². The van der Waals surface area contributed by atoms with E-state index in [4.69, 9.17) is 0 Å². The monoisotopic (exact) mass is 431 g/mol. The van der Waals surface area contributed by atoms with Gasteiger partial charge in [-0.05, 0) is 30.3 Å². The van der Waals surface area contributed by atoms with Gasteiger partial charge in [0.15, 0.2) is 22.4 Å². The predicted molar refractivity (Wildman–Crippen MR) is 113 cm³/mol. The van der Waals surface area contributed by atoms with E-state index >= 15 is 4.39 Å². The Kier molecular flexibility index (Phi) is 3.87. The maximum atomic E-state index is 15.5. The Hall–Kier alpha value is -4.05. The maximum Gasteiger partial charge on any atom is 0.176 e. The van der Waals surface area contributed by atoms with Crippen LogP contribution < -0.4 is 0 Å². The van der Waals surface area contributed by atoms with Crippen LogP contribution >= 0.6 is 11.3 Å². The maximum absolute atomic E-state index is 15.5. The Morgan fingerprint density at radius 2 is 1.87 bits per heavy atom. The summed E-state index contributed by atoms with van der Waals surface area (Å²) in [5.74, 6) is -0.177. The van der Waals surface area contributed by atoms with Crippen molar-refractivity contribution in [1.29, 1.82) is 0 Å². The third kappa shape index (κ3) is 2.80. The van der Waals surface area contributed by atoms with E-state index in [0.717, 1.165) is 21.8 Å². The fourth-order valence-electron chi connectivity index (χ4n) is 3.53. The van der Waals surface area contributed by atoms with E-state index in [0.29, 0.717) is 33.8 Å². The number of hydrogen-bond acceptors (Lipinski definition) is 6. The molecule has 0 radical (unpaired) electrons. The minimum absolute atomic E-state index is 0.173.